The van der Waals surface area contributed by atoms with Crippen molar-refractivity contribution >= 4 is 96.9 Å². The minimum Gasteiger partial charge on any atom is -0.309 e. The highest BCUT2D eigenvalue weighted by Crippen LogP contribution is 2.41. The minimum absolute atomic E-state index is 0.858. The number of nitrogens with zero attached hydrogens (tertiary/aromatic N) is 4. The predicted octanol–water partition coefficient (Wildman–Crippen LogP) is 14.7. The summed E-state index contributed by atoms with van der Waals surface area (Å²) in [4.78, 5) is 11.3. The van der Waals surface area contributed by atoms with Gasteiger partial charge in [-0.1, -0.05) is 127 Å². The molecule has 0 unspecified atom stereocenters. The number of rotatable bonds is 4. The van der Waals surface area contributed by atoms with Crippen molar-refractivity contribution in [3.63, 3.8) is 0 Å². The first kappa shape index (κ1) is 32.5. The molecule has 0 aliphatic carbocycles. The molecule has 4 heterocycles. The van der Waals surface area contributed by atoms with Crippen LogP contribution in [0.1, 0.15) is 0 Å². The lowest BCUT2D eigenvalue weighted by molar-refractivity contribution is 1.18. The van der Waals surface area contributed by atoms with E-state index in [-0.39, 0.29) is 0 Å². The summed E-state index contributed by atoms with van der Waals surface area (Å²) in [6.07, 6.45) is 1.93. The first-order valence-electron chi connectivity index (χ1n) is 20.0. The number of aromatic nitrogens is 4. The lowest BCUT2D eigenvalue weighted by Crippen LogP contribution is -1.95. The van der Waals surface area contributed by atoms with E-state index in [4.69, 9.17) is 9.97 Å². The van der Waals surface area contributed by atoms with Crippen molar-refractivity contribution in [2.75, 3.05) is 0 Å². The molecule has 59 heavy (non-hydrogen) atoms. The maximum absolute atomic E-state index is 5.34. The summed E-state index contributed by atoms with van der Waals surface area (Å²) >= 11 is 1.70. The SMILES string of the molecule is c1cc(-c2ccc3sc4ncc(-c5cccc(-n6c7ccccc7c7c8ccccc8ccc76)c5)nc4c3c2)cc(-n2c3ccccc3c3c4ccccc4ccc32)c1. The van der Waals surface area contributed by atoms with Crippen LogP contribution in [0.2, 0.25) is 0 Å². The van der Waals surface area contributed by atoms with Crippen LogP contribution in [0.25, 0.3) is 119 Å². The standard InChI is InChI=1S/C54H32N4S/c1-3-17-40-33(11-1)23-26-48-51(40)42-19-5-7-21-46(42)57(48)38-15-9-13-35(29-38)36-25-28-50-44(31-36)53-54(59-50)55-32-45(56-53)37-14-10-16-39(30-37)58-47-22-8-6-20-43(47)52-41-18-4-2-12-34(41)24-27-49(52)58/h1-32H. The van der Waals surface area contributed by atoms with Crippen LogP contribution in [0.5, 0.6) is 0 Å². The zero-order valence-corrected chi connectivity index (χ0v) is 32.5. The highest BCUT2D eigenvalue weighted by molar-refractivity contribution is 7.25. The third-order valence-electron chi connectivity index (χ3n) is 12.1. The molecule has 0 aliphatic rings. The minimum atomic E-state index is 0.858. The molecule has 0 atom stereocenters. The maximum Gasteiger partial charge on any atom is 0.143 e. The average molecular weight is 769 g/mol. The van der Waals surface area contributed by atoms with Gasteiger partial charge >= 0.3 is 0 Å². The molecule has 13 aromatic rings. The zero-order chi connectivity index (χ0) is 38.6. The van der Waals surface area contributed by atoms with Crippen LogP contribution in [-0.4, -0.2) is 19.1 Å². The fourth-order valence-electron chi connectivity index (χ4n) is 9.52. The molecule has 13 rings (SSSR count). The Kier molecular flexibility index (Phi) is 6.85. The Bertz CT molecular complexity index is 3610. The summed E-state index contributed by atoms with van der Waals surface area (Å²) in [6, 6.07) is 68.2. The molecule has 4 nitrogen and oxygen atoms in total. The van der Waals surface area contributed by atoms with E-state index in [1.54, 1.807) is 11.3 Å². The molecule has 274 valence electrons. The molecule has 0 spiro atoms. The van der Waals surface area contributed by atoms with Gasteiger partial charge in [-0.05, 0) is 93.3 Å². The summed E-state index contributed by atoms with van der Waals surface area (Å²) in [5.41, 5.74) is 12.2. The number of fused-ring (bicyclic) bond motifs is 13. The van der Waals surface area contributed by atoms with E-state index >= 15 is 0 Å². The smallest absolute Gasteiger partial charge is 0.143 e. The van der Waals surface area contributed by atoms with Gasteiger partial charge in [0, 0.05) is 48.6 Å². The fraction of sp³-hybridized carbons (Fsp3) is 0. The second-order valence-electron chi connectivity index (χ2n) is 15.4. The van der Waals surface area contributed by atoms with Gasteiger partial charge < -0.3 is 9.13 Å². The monoisotopic (exact) mass is 768 g/mol. The van der Waals surface area contributed by atoms with Crippen molar-refractivity contribution in [2.24, 2.45) is 0 Å². The van der Waals surface area contributed by atoms with Gasteiger partial charge in [0.25, 0.3) is 0 Å². The van der Waals surface area contributed by atoms with Crippen molar-refractivity contribution in [3.8, 4) is 33.8 Å². The second kappa shape index (κ2) is 12.4. The van der Waals surface area contributed by atoms with E-state index in [0.717, 1.165) is 49.5 Å². The molecular weight excluding hydrogens is 737 g/mol. The van der Waals surface area contributed by atoms with Crippen molar-refractivity contribution in [3.05, 3.63) is 194 Å². The molecule has 0 radical (unpaired) electrons. The van der Waals surface area contributed by atoms with Crippen LogP contribution >= 0.6 is 11.3 Å². The summed E-state index contributed by atoms with van der Waals surface area (Å²) in [7, 11) is 0. The van der Waals surface area contributed by atoms with Crippen LogP contribution < -0.4 is 0 Å². The van der Waals surface area contributed by atoms with E-state index in [0.29, 0.717) is 0 Å². The topological polar surface area (TPSA) is 35.6 Å². The lowest BCUT2D eigenvalue weighted by Gasteiger charge is -2.11. The first-order valence-corrected chi connectivity index (χ1v) is 20.8. The normalized spacial score (nSPS) is 12.1. The lowest BCUT2D eigenvalue weighted by atomic mass is 10.0. The van der Waals surface area contributed by atoms with Crippen molar-refractivity contribution in [1.82, 2.24) is 19.1 Å². The summed E-state index contributed by atoms with van der Waals surface area (Å²) < 4.78 is 5.97. The third kappa shape index (κ3) is 4.83. The van der Waals surface area contributed by atoms with Crippen molar-refractivity contribution in [1.29, 1.82) is 0 Å². The van der Waals surface area contributed by atoms with E-state index in [9.17, 15) is 0 Å². The van der Waals surface area contributed by atoms with Crippen LogP contribution in [-0.2, 0) is 0 Å². The Morgan fingerprint density at radius 3 is 1.58 bits per heavy atom. The Morgan fingerprint density at radius 2 is 0.932 bits per heavy atom. The van der Waals surface area contributed by atoms with Gasteiger partial charge in [-0.3, -0.25) is 0 Å². The Morgan fingerprint density at radius 1 is 0.390 bits per heavy atom. The van der Waals surface area contributed by atoms with Gasteiger partial charge in [0.05, 0.1) is 34.0 Å². The number of hydrogen-bond donors (Lipinski definition) is 0. The molecule has 4 aromatic heterocycles. The van der Waals surface area contributed by atoms with Crippen molar-refractivity contribution < 1.29 is 0 Å². The predicted molar refractivity (Wildman–Crippen MR) is 249 cm³/mol. The van der Waals surface area contributed by atoms with E-state index in [2.05, 4.69) is 197 Å². The van der Waals surface area contributed by atoms with Crippen molar-refractivity contribution in [2.45, 2.75) is 0 Å². The van der Waals surface area contributed by atoms with Crippen LogP contribution in [0.3, 0.4) is 0 Å². The molecule has 0 saturated carbocycles. The summed E-state index contributed by atoms with van der Waals surface area (Å²) in [6.45, 7) is 0. The molecule has 0 amide bonds. The van der Waals surface area contributed by atoms with Gasteiger partial charge in [0.1, 0.15) is 10.3 Å². The molecular formula is C54H32N4S. The van der Waals surface area contributed by atoms with E-state index in [1.807, 2.05) is 6.20 Å². The van der Waals surface area contributed by atoms with E-state index in [1.165, 1.54) is 69.9 Å². The van der Waals surface area contributed by atoms with Crippen LogP contribution in [0, 0.1) is 0 Å². The third-order valence-corrected chi connectivity index (χ3v) is 13.2. The van der Waals surface area contributed by atoms with E-state index < -0.39 is 0 Å². The van der Waals surface area contributed by atoms with Gasteiger partial charge in [-0.15, -0.1) is 11.3 Å². The first-order chi connectivity index (χ1) is 29.2. The van der Waals surface area contributed by atoms with Crippen LogP contribution in [0.15, 0.2) is 194 Å². The fourth-order valence-corrected chi connectivity index (χ4v) is 10.5. The number of thiophene rings is 1. The molecule has 0 fully saturated rings. The van der Waals surface area contributed by atoms with Gasteiger partial charge in [-0.2, -0.15) is 0 Å². The Balaban J connectivity index is 0.927. The molecule has 0 bridgehead atoms. The maximum atomic E-state index is 5.34. The molecule has 0 saturated heterocycles. The quantitative estimate of drug-likeness (QED) is 0.179. The zero-order valence-electron chi connectivity index (χ0n) is 31.7. The average Bonchev–Trinajstić information content (AvgIpc) is 3.96. The number of hydrogen-bond acceptors (Lipinski definition) is 3. The van der Waals surface area contributed by atoms with Gasteiger partial charge in [0.2, 0.25) is 0 Å². The molecule has 5 heteroatoms. The highest BCUT2D eigenvalue weighted by Gasteiger charge is 2.18. The summed E-state index contributed by atoms with van der Waals surface area (Å²) in [5.74, 6) is 0. The Hall–Kier alpha value is -7.60. The number of benzene rings is 9. The van der Waals surface area contributed by atoms with Gasteiger partial charge in [-0.25, -0.2) is 9.97 Å². The number of para-hydroxylation sites is 2. The second-order valence-corrected chi connectivity index (χ2v) is 16.4. The summed E-state index contributed by atoms with van der Waals surface area (Å²) in [5, 5.41) is 11.2. The highest BCUT2D eigenvalue weighted by atomic mass is 32.1. The Labute approximate surface area is 342 Å². The molecule has 9 aromatic carbocycles. The molecule has 0 aliphatic heterocycles. The van der Waals surface area contributed by atoms with Gasteiger partial charge in [0.15, 0.2) is 0 Å². The largest absolute Gasteiger partial charge is 0.309 e. The molecule has 0 N–H and O–H groups in total. The van der Waals surface area contributed by atoms with Crippen LogP contribution in [0.4, 0.5) is 0 Å².